The van der Waals surface area contributed by atoms with Crippen LogP contribution in [0.25, 0.3) is 44.3 Å². The largest absolute Gasteiger partial charge is 0.416 e. The summed E-state index contributed by atoms with van der Waals surface area (Å²) in [7, 11) is 0. The first-order chi connectivity index (χ1) is 24.8. The number of rotatable bonds is 5. The second kappa shape index (κ2) is 13.7. The van der Waals surface area contributed by atoms with E-state index in [-0.39, 0.29) is 17.8 Å². The predicted molar refractivity (Wildman–Crippen MR) is 185 cm³/mol. The molecule has 0 saturated carbocycles. The maximum Gasteiger partial charge on any atom is 0.416 e. The normalized spacial score (nSPS) is 17.8. The van der Waals surface area contributed by atoms with Gasteiger partial charge in [0.25, 0.3) is 5.69 Å². The molecule has 2 aliphatic rings. The summed E-state index contributed by atoms with van der Waals surface area (Å²) < 4.78 is 92.2. The van der Waals surface area contributed by atoms with E-state index >= 15 is 0 Å². The molecular weight excluding hydrogens is 690 g/mol. The van der Waals surface area contributed by atoms with Crippen LogP contribution in [-0.2, 0) is 21.8 Å². The fourth-order valence-electron chi connectivity index (χ4n) is 6.93. The summed E-state index contributed by atoms with van der Waals surface area (Å²) in [6, 6.07) is 24.5. The zero-order chi connectivity index (χ0) is 36.8. The van der Waals surface area contributed by atoms with Crippen LogP contribution in [0.1, 0.15) is 36.1 Å². The van der Waals surface area contributed by atoms with Crippen LogP contribution < -0.4 is 5.73 Å². The lowest BCUT2D eigenvalue weighted by molar-refractivity contribution is -0.384. The number of nitro benzene ring substituents is 1. The number of ether oxygens (including phenoxy) is 2. The number of hydrogen-bond acceptors (Lipinski definition) is 5. The van der Waals surface area contributed by atoms with Crippen LogP contribution in [0.3, 0.4) is 0 Å². The van der Waals surface area contributed by atoms with Gasteiger partial charge in [-0.05, 0) is 84.6 Å². The monoisotopic (exact) mass is 722 g/mol. The fourth-order valence-corrected chi connectivity index (χ4v) is 6.93. The molecule has 14 heteroatoms. The van der Waals surface area contributed by atoms with E-state index in [0.29, 0.717) is 43.1 Å². The van der Waals surface area contributed by atoms with Gasteiger partial charge < -0.3 is 24.3 Å². The van der Waals surface area contributed by atoms with Crippen molar-refractivity contribution in [2.24, 2.45) is 0 Å². The minimum Gasteiger partial charge on any atom is -0.399 e. The standard InChI is InChI=1S/C19H15F3N2O3.C19H17F3N2O/c20-19(21,22)14-3-1-12(2-4-14)18-10-13-9-15(24(25)26)5-6-17(13)23(18)16-7-8-27-11-16;20-19(21,22)14-3-1-12(2-4-14)18-10-13-9-15(23)5-6-17(13)24(18)16-7-8-25-11-16/h1-6,9-10,16H,7-8,11H2;1-6,9-10,16H,7-8,11,23H2/t2*16-/m11/s1. The van der Waals surface area contributed by atoms with E-state index in [0.717, 1.165) is 70.5 Å². The summed E-state index contributed by atoms with van der Waals surface area (Å²) in [6.07, 6.45) is -7.08. The summed E-state index contributed by atoms with van der Waals surface area (Å²) in [4.78, 5) is 10.6. The Morgan fingerprint density at radius 3 is 1.48 bits per heavy atom. The molecule has 0 radical (unpaired) electrons. The van der Waals surface area contributed by atoms with Crippen molar-refractivity contribution in [1.29, 1.82) is 0 Å². The van der Waals surface area contributed by atoms with Gasteiger partial charge >= 0.3 is 12.4 Å². The van der Waals surface area contributed by atoms with Crippen LogP contribution >= 0.6 is 0 Å². The second-order valence-corrected chi connectivity index (χ2v) is 12.8. The SMILES string of the molecule is Nc1ccc2c(c1)cc(-c1ccc(C(F)(F)F)cc1)n2[C@@H]1CCOC1.O=[N+]([O-])c1ccc2c(c1)cc(-c1ccc(C(F)(F)F)cc1)n2[C@@H]1CCOC1. The van der Waals surface area contributed by atoms with E-state index in [1.54, 1.807) is 12.1 Å². The molecule has 0 bridgehead atoms. The first kappa shape index (κ1) is 35.1. The Morgan fingerprint density at radius 2 is 1.08 bits per heavy atom. The van der Waals surface area contributed by atoms with Crippen LogP contribution in [0, 0.1) is 10.1 Å². The molecule has 6 aromatic rings. The lowest BCUT2D eigenvalue weighted by Crippen LogP contribution is -2.10. The number of alkyl halides is 6. The van der Waals surface area contributed by atoms with Gasteiger partial charge in [-0.2, -0.15) is 26.3 Å². The van der Waals surface area contributed by atoms with E-state index in [4.69, 9.17) is 15.2 Å². The highest BCUT2D eigenvalue weighted by Gasteiger charge is 2.32. The molecule has 0 amide bonds. The zero-order valence-corrected chi connectivity index (χ0v) is 27.5. The average molecular weight is 723 g/mol. The highest BCUT2D eigenvalue weighted by molar-refractivity contribution is 5.90. The smallest absolute Gasteiger partial charge is 0.399 e. The Labute approximate surface area is 293 Å². The maximum absolute atomic E-state index is 12.8. The Kier molecular flexibility index (Phi) is 9.21. The minimum atomic E-state index is -4.40. The van der Waals surface area contributed by atoms with E-state index in [1.165, 1.54) is 36.4 Å². The number of nitrogens with zero attached hydrogens (tertiary/aromatic N) is 3. The molecule has 2 atom stereocenters. The van der Waals surface area contributed by atoms with Gasteiger partial charge in [-0.1, -0.05) is 24.3 Å². The average Bonchev–Trinajstić information content (AvgIpc) is 3.93. The highest BCUT2D eigenvalue weighted by Crippen LogP contribution is 2.39. The van der Waals surface area contributed by atoms with Crippen molar-refractivity contribution >= 4 is 33.2 Å². The van der Waals surface area contributed by atoms with E-state index in [2.05, 4.69) is 4.57 Å². The number of anilines is 1. The van der Waals surface area contributed by atoms with Crippen molar-refractivity contribution < 1.29 is 40.7 Å². The van der Waals surface area contributed by atoms with Crippen LogP contribution in [-0.4, -0.2) is 40.5 Å². The molecule has 8 rings (SSSR count). The lowest BCUT2D eigenvalue weighted by Gasteiger charge is -2.17. The van der Waals surface area contributed by atoms with Crippen LogP contribution in [0.4, 0.5) is 37.7 Å². The number of benzene rings is 4. The van der Waals surface area contributed by atoms with Gasteiger partial charge in [0, 0.05) is 64.2 Å². The number of nitrogens with two attached hydrogens (primary N) is 1. The van der Waals surface area contributed by atoms with Gasteiger partial charge in [-0.25, -0.2) is 0 Å². The Hall–Kier alpha value is -5.34. The third-order valence-corrected chi connectivity index (χ3v) is 9.45. The molecule has 2 fully saturated rings. The summed E-state index contributed by atoms with van der Waals surface area (Å²) in [5.74, 6) is 0. The quantitative estimate of drug-likeness (QED) is 0.0827. The molecule has 0 aliphatic carbocycles. The molecule has 2 N–H and O–H groups in total. The Morgan fingerprint density at radius 1 is 0.635 bits per heavy atom. The predicted octanol–water partition coefficient (Wildman–Crippen LogP) is 10.1. The Bertz CT molecular complexity index is 2230. The van der Waals surface area contributed by atoms with Crippen molar-refractivity contribution in [2.45, 2.75) is 37.3 Å². The van der Waals surface area contributed by atoms with E-state index in [9.17, 15) is 36.5 Å². The number of aromatic nitrogens is 2. The topological polar surface area (TPSA) is 97.5 Å². The minimum absolute atomic E-state index is 0.0266. The van der Waals surface area contributed by atoms with Gasteiger partial charge in [0.15, 0.2) is 0 Å². The number of nitrogen functional groups attached to an aromatic ring is 1. The molecule has 8 nitrogen and oxygen atoms in total. The zero-order valence-electron chi connectivity index (χ0n) is 27.5. The number of halogens is 6. The van der Waals surface area contributed by atoms with Crippen molar-refractivity contribution in [1.82, 2.24) is 9.13 Å². The van der Waals surface area contributed by atoms with E-state index < -0.39 is 28.4 Å². The molecule has 2 aliphatic heterocycles. The maximum atomic E-state index is 12.8. The first-order valence-electron chi connectivity index (χ1n) is 16.5. The van der Waals surface area contributed by atoms with Gasteiger partial charge in [-0.3, -0.25) is 10.1 Å². The summed E-state index contributed by atoms with van der Waals surface area (Å²) >= 11 is 0. The van der Waals surface area contributed by atoms with Crippen molar-refractivity contribution in [3.63, 3.8) is 0 Å². The van der Waals surface area contributed by atoms with E-state index in [1.807, 2.05) is 28.8 Å². The Balaban J connectivity index is 0.000000162. The molecule has 52 heavy (non-hydrogen) atoms. The molecule has 270 valence electrons. The van der Waals surface area contributed by atoms with Crippen molar-refractivity contribution in [3.8, 4) is 22.5 Å². The highest BCUT2D eigenvalue weighted by atomic mass is 19.4. The number of non-ortho nitro benzene ring substituents is 1. The van der Waals surface area contributed by atoms with Gasteiger partial charge in [-0.15, -0.1) is 0 Å². The van der Waals surface area contributed by atoms with Crippen molar-refractivity contribution in [2.75, 3.05) is 32.2 Å². The van der Waals surface area contributed by atoms with Crippen LogP contribution in [0.2, 0.25) is 0 Å². The first-order valence-corrected chi connectivity index (χ1v) is 16.5. The summed E-state index contributed by atoms with van der Waals surface area (Å²) in [5, 5.41) is 12.7. The van der Waals surface area contributed by atoms with Gasteiger partial charge in [0.1, 0.15) is 0 Å². The summed E-state index contributed by atoms with van der Waals surface area (Å²) in [6.45, 7) is 2.38. The van der Waals surface area contributed by atoms with Gasteiger partial charge in [0.05, 0.1) is 41.3 Å². The molecule has 2 aromatic heterocycles. The second-order valence-electron chi connectivity index (χ2n) is 12.8. The number of hydrogen-bond donors (Lipinski definition) is 1. The molecule has 2 saturated heterocycles. The molecule has 0 unspecified atom stereocenters. The van der Waals surface area contributed by atoms with Crippen LogP contribution in [0.15, 0.2) is 97.1 Å². The molecular formula is C38H32F6N4O4. The van der Waals surface area contributed by atoms with Crippen LogP contribution in [0.5, 0.6) is 0 Å². The molecule has 4 heterocycles. The fraction of sp³-hybridized carbons (Fsp3) is 0.263. The van der Waals surface area contributed by atoms with Crippen molar-refractivity contribution in [3.05, 3.63) is 118 Å². The third-order valence-electron chi connectivity index (χ3n) is 9.45. The number of fused-ring (bicyclic) bond motifs is 2. The number of nitro groups is 1. The molecule has 0 spiro atoms. The molecule has 4 aromatic carbocycles. The summed E-state index contributed by atoms with van der Waals surface area (Å²) in [5.41, 5.74) is 9.93. The third kappa shape index (κ3) is 6.95. The van der Waals surface area contributed by atoms with Gasteiger partial charge in [0.2, 0.25) is 0 Å². The lowest BCUT2D eigenvalue weighted by atomic mass is 10.1.